The molecule has 1 aromatic heterocycles. The Labute approximate surface area is 139 Å². The van der Waals surface area contributed by atoms with Crippen molar-refractivity contribution >= 4 is 54.5 Å². The molecule has 0 fully saturated rings. The van der Waals surface area contributed by atoms with Gasteiger partial charge in [-0.3, -0.25) is 0 Å². The number of rotatable bonds is 5. The first kappa shape index (κ1) is 16.5. The van der Waals surface area contributed by atoms with Gasteiger partial charge in [0, 0.05) is 11.4 Å². The molecule has 21 heavy (non-hydrogen) atoms. The van der Waals surface area contributed by atoms with E-state index in [1.165, 1.54) is 23.5 Å². The van der Waals surface area contributed by atoms with Crippen LogP contribution in [0.4, 0.5) is 4.39 Å². The molecule has 112 valence electrons. The maximum Gasteiger partial charge on any atom is 0.241 e. The van der Waals surface area contributed by atoms with Gasteiger partial charge in [0.05, 0.1) is 14.2 Å². The van der Waals surface area contributed by atoms with E-state index in [1.54, 1.807) is 6.07 Å². The molecule has 4 nitrogen and oxygen atoms in total. The van der Waals surface area contributed by atoms with Crippen LogP contribution in [0.1, 0.15) is 10.4 Å². The average Bonchev–Trinajstić information content (AvgIpc) is 2.82. The fourth-order valence-electron chi connectivity index (χ4n) is 1.66. The summed E-state index contributed by atoms with van der Waals surface area (Å²) >= 11 is 9.43. The SMILES string of the molecule is NC(=S)c1c(F)cccc1S(=O)(=O)NCc1ccc(Br)s1. The van der Waals surface area contributed by atoms with Crippen molar-refractivity contribution in [3.05, 3.63) is 50.4 Å². The summed E-state index contributed by atoms with van der Waals surface area (Å²) in [7, 11) is -3.91. The van der Waals surface area contributed by atoms with Gasteiger partial charge >= 0.3 is 0 Å². The molecule has 0 radical (unpaired) electrons. The van der Waals surface area contributed by atoms with Gasteiger partial charge in [-0.1, -0.05) is 18.3 Å². The lowest BCUT2D eigenvalue weighted by molar-refractivity contribution is 0.577. The van der Waals surface area contributed by atoms with Crippen LogP contribution in [0.25, 0.3) is 0 Å². The van der Waals surface area contributed by atoms with Gasteiger partial charge in [0.2, 0.25) is 10.0 Å². The minimum atomic E-state index is -3.91. The first-order chi connectivity index (χ1) is 9.81. The summed E-state index contributed by atoms with van der Waals surface area (Å²) in [5, 5.41) is 0. The van der Waals surface area contributed by atoms with Gasteiger partial charge in [0.15, 0.2) is 0 Å². The number of benzene rings is 1. The van der Waals surface area contributed by atoms with Crippen molar-refractivity contribution in [1.29, 1.82) is 0 Å². The van der Waals surface area contributed by atoms with Crippen LogP contribution in [0.2, 0.25) is 0 Å². The minimum absolute atomic E-state index is 0.103. The number of nitrogens with two attached hydrogens (primary N) is 1. The maximum atomic E-state index is 13.7. The van der Waals surface area contributed by atoms with Crippen molar-refractivity contribution in [2.24, 2.45) is 5.73 Å². The van der Waals surface area contributed by atoms with Gasteiger partial charge in [0.25, 0.3) is 0 Å². The molecular weight excluding hydrogens is 399 g/mol. The number of thiophene rings is 1. The van der Waals surface area contributed by atoms with Gasteiger partial charge < -0.3 is 5.73 Å². The zero-order valence-corrected chi connectivity index (χ0v) is 14.5. The van der Waals surface area contributed by atoms with E-state index in [2.05, 4.69) is 20.7 Å². The van der Waals surface area contributed by atoms with Crippen LogP contribution in [0, 0.1) is 5.82 Å². The Balaban J connectivity index is 2.32. The van der Waals surface area contributed by atoms with Crippen molar-refractivity contribution < 1.29 is 12.8 Å². The average molecular weight is 409 g/mol. The highest BCUT2D eigenvalue weighted by atomic mass is 79.9. The lowest BCUT2D eigenvalue weighted by Crippen LogP contribution is -2.26. The van der Waals surface area contributed by atoms with Crippen LogP contribution in [0.15, 0.2) is 39.0 Å². The van der Waals surface area contributed by atoms with E-state index in [4.69, 9.17) is 18.0 Å². The van der Waals surface area contributed by atoms with E-state index in [0.29, 0.717) is 0 Å². The molecule has 1 heterocycles. The zero-order chi connectivity index (χ0) is 15.6. The summed E-state index contributed by atoms with van der Waals surface area (Å²) in [6, 6.07) is 7.29. The van der Waals surface area contributed by atoms with Crippen molar-refractivity contribution in [2.45, 2.75) is 11.4 Å². The maximum absolute atomic E-state index is 13.7. The molecule has 0 spiro atoms. The third kappa shape index (κ3) is 3.86. The molecule has 0 saturated heterocycles. The van der Waals surface area contributed by atoms with Gasteiger partial charge in [-0.15, -0.1) is 11.3 Å². The fraction of sp³-hybridized carbons (Fsp3) is 0.0833. The summed E-state index contributed by atoms with van der Waals surface area (Å²) < 4.78 is 41.6. The summed E-state index contributed by atoms with van der Waals surface area (Å²) in [5.41, 5.74) is 5.15. The van der Waals surface area contributed by atoms with E-state index >= 15 is 0 Å². The highest BCUT2D eigenvalue weighted by molar-refractivity contribution is 9.11. The minimum Gasteiger partial charge on any atom is -0.389 e. The normalized spacial score (nSPS) is 11.5. The predicted molar refractivity (Wildman–Crippen MR) is 88.3 cm³/mol. The number of hydrogen-bond donors (Lipinski definition) is 2. The number of thiocarbonyl (C=S) groups is 1. The number of nitrogens with one attached hydrogen (secondary N) is 1. The highest BCUT2D eigenvalue weighted by Crippen LogP contribution is 2.23. The number of sulfonamides is 1. The third-order valence-electron chi connectivity index (χ3n) is 2.58. The fourth-order valence-corrected chi connectivity index (χ4v) is 4.68. The topological polar surface area (TPSA) is 72.2 Å². The van der Waals surface area contributed by atoms with Crippen LogP contribution in [-0.4, -0.2) is 13.4 Å². The number of hydrogen-bond acceptors (Lipinski definition) is 4. The van der Waals surface area contributed by atoms with Crippen LogP contribution < -0.4 is 10.5 Å². The molecule has 1 aromatic carbocycles. The Hall–Kier alpha value is -0.870. The van der Waals surface area contributed by atoms with Crippen molar-refractivity contribution in [2.75, 3.05) is 0 Å². The van der Waals surface area contributed by atoms with E-state index in [1.807, 2.05) is 6.07 Å². The van der Waals surface area contributed by atoms with Gasteiger partial charge in [-0.25, -0.2) is 17.5 Å². The van der Waals surface area contributed by atoms with Crippen molar-refractivity contribution in [1.82, 2.24) is 4.72 Å². The Kier molecular flexibility index (Phi) is 5.10. The highest BCUT2D eigenvalue weighted by Gasteiger charge is 2.22. The van der Waals surface area contributed by atoms with Gasteiger partial charge in [0.1, 0.15) is 10.8 Å². The van der Waals surface area contributed by atoms with Gasteiger partial charge in [-0.2, -0.15) is 0 Å². The molecule has 0 amide bonds. The summed E-state index contributed by atoms with van der Waals surface area (Å²) in [5.74, 6) is -0.760. The number of halogens is 2. The zero-order valence-electron chi connectivity index (χ0n) is 10.5. The lowest BCUT2D eigenvalue weighted by Gasteiger charge is -2.10. The quantitative estimate of drug-likeness (QED) is 0.745. The van der Waals surface area contributed by atoms with Crippen LogP contribution in [-0.2, 0) is 16.6 Å². The van der Waals surface area contributed by atoms with Crippen LogP contribution >= 0.6 is 39.5 Å². The van der Waals surface area contributed by atoms with Gasteiger partial charge in [-0.05, 0) is 40.2 Å². The molecule has 0 atom stereocenters. The van der Waals surface area contributed by atoms with Crippen LogP contribution in [0.3, 0.4) is 0 Å². The molecule has 2 aromatic rings. The first-order valence-electron chi connectivity index (χ1n) is 5.63. The smallest absolute Gasteiger partial charge is 0.241 e. The third-order valence-corrected chi connectivity index (χ3v) is 5.85. The molecule has 0 aliphatic rings. The van der Waals surface area contributed by atoms with Crippen molar-refractivity contribution in [3.8, 4) is 0 Å². The lowest BCUT2D eigenvalue weighted by atomic mass is 10.2. The van der Waals surface area contributed by atoms with Crippen LogP contribution in [0.5, 0.6) is 0 Å². The standard InChI is InChI=1S/C12H10BrFN2O2S3/c13-10-5-4-7(20-10)6-16-21(17,18)9-3-1-2-8(14)11(9)12(15)19/h1-5,16H,6H2,(H2,15,19). The second-order valence-electron chi connectivity index (χ2n) is 4.01. The predicted octanol–water partition coefficient (Wildman–Crippen LogP) is 2.76. The van der Waals surface area contributed by atoms with E-state index in [0.717, 1.165) is 14.7 Å². The largest absolute Gasteiger partial charge is 0.389 e. The van der Waals surface area contributed by atoms with E-state index in [-0.39, 0.29) is 22.0 Å². The first-order valence-corrected chi connectivity index (χ1v) is 9.13. The molecule has 0 unspecified atom stereocenters. The van der Waals surface area contributed by atoms with E-state index in [9.17, 15) is 12.8 Å². The van der Waals surface area contributed by atoms with Crippen molar-refractivity contribution in [3.63, 3.8) is 0 Å². The molecular formula is C12H10BrFN2O2S3. The summed E-state index contributed by atoms with van der Waals surface area (Å²) in [6.45, 7) is 0.103. The molecule has 0 aliphatic carbocycles. The second-order valence-corrected chi connectivity index (χ2v) is 8.73. The monoisotopic (exact) mass is 408 g/mol. The molecule has 0 bridgehead atoms. The Morgan fingerprint density at radius 2 is 2.10 bits per heavy atom. The molecule has 0 aliphatic heterocycles. The van der Waals surface area contributed by atoms with E-state index < -0.39 is 15.8 Å². The Morgan fingerprint density at radius 1 is 1.38 bits per heavy atom. The molecule has 0 saturated carbocycles. The Morgan fingerprint density at radius 3 is 2.67 bits per heavy atom. The molecule has 3 N–H and O–H groups in total. The molecule has 9 heteroatoms. The second kappa shape index (κ2) is 6.49. The Bertz CT molecular complexity index is 790. The molecule has 2 rings (SSSR count). The summed E-state index contributed by atoms with van der Waals surface area (Å²) in [4.78, 5) is 0.261. The summed E-state index contributed by atoms with van der Waals surface area (Å²) in [6.07, 6.45) is 0.